The Kier molecular flexibility index (Phi) is 5.15. The van der Waals surface area contributed by atoms with Gasteiger partial charge in [0.1, 0.15) is 13.1 Å². The van der Waals surface area contributed by atoms with E-state index >= 15 is 0 Å². The predicted molar refractivity (Wildman–Crippen MR) is 106 cm³/mol. The maximum absolute atomic E-state index is 12.8. The molecule has 29 heavy (non-hydrogen) atoms. The van der Waals surface area contributed by atoms with Crippen LogP contribution in [0, 0.1) is 16.0 Å². The normalized spacial score (nSPS) is 25.4. The Morgan fingerprint density at radius 1 is 1.00 bits per heavy atom. The van der Waals surface area contributed by atoms with Crippen molar-refractivity contribution < 1.29 is 23.7 Å². The molecule has 0 N–H and O–H groups in total. The standard InChI is InChI=1S/C22H23N2O5/c25-20(16-6-8-19(9-7-16)23(27)28)14-24-12-10-17(11-13-24)21(15-24)29-22(26)18-4-2-1-3-5-18/h1-9,17,21H,10-15H2/q+1/t17?,21-,24?/m0/s1. The molecule has 5 rings (SSSR count). The van der Waals surface area contributed by atoms with Crippen LogP contribution in [0.15, 0.2) is 54.6 Å². The van der Waals surface area contributed by atoms with Crippen LogP contribution in [0.2, 0.25) is 0 Å². The number of hydrogen-bond donors (Lipinski definition) is 0. The van der Waals surface area contributed by atoms with E-state index in [1.807, 2.05) is 18.2 Å². The number of Topliss-reactive ketones (excluding diaryl/α,β-unsaturated/α-hetero) is 1. The van der Waals surface area contributed by atoms with E-state index in [4.69, 9.17) is 4.74 Å². The number of nitrogens with zero attached hydrogens (tertiary/aromatic N) is 2. The number of nitro groups is 1. The van der Waals surface area contributed by atoms with Crippen LogP contribution >= 0.6 is 0 Å². The van der Waals surface area contributed by atoms with Crippen LogP contribution in [0.1, 0.15) is 33.6 Å². The van der Waals surface area contributed by atoms with Gasteiger partial charge in [-0.3, -0.25) is 14.9 Å². The summed E-state index contributed by atoms with van der Waals surface area (Å²) in [5.74, 6) is -0.00489. The number of quaternary nitrogens is 1. The summed E-state index contributed by atoms with van der Waals surface area (Å²) in [5, 5.41) is 10.8. The molecule has 3 aliphatic rings. The highest BCUT2D eigenvalue weighted by Gasteiger charge is 2.48. The summed E-state index contributed by atoms with van der Waals surface area (Å²) in [4.78, 5) is 35.6. The molecule has 150 valence electrons. The Morgan fingerprint density at radius 3 is 2.28 bits per heavy atom. The van der Waals surface area contributed by atoms with Gasteiger partial charge >= 0.3 is 5.97 Å². The van der Waals surface area contributed by atoms with Crippen LogP contribution in [0.5, 0.6) is 0 Å². The van der Waals surface area contributed by atoms with Gasteiger partial charge in [0.2, 0.25) is 5.78 Å². The molecule has 0 aromatic heterocycles. The fraction of sp³-hybridized carbons (Fsp3) is 0.364. The molecule has 2 aromatic rings. The van der Waals surface area contributed by atoms with Gasteiger partial charge in [-0.25, -0.2) is 4.79 Å². The Balaban J connectivity index is 1.44. The second-order valence-electron chi connectivity index (χ2n) is 8.00. The van der Waals surface area contributed by atoms with Gasteiger partial charge in [-0.05, 0) is 24.3 Å². The molecule has 3 aliphatic heterocycles. The Labute approximate surface area is 168 Å². The van der Waals surface area contributed by atoms with E-state index in [0.717, 1.165) is 25.9 Å². The molecule has 0 aliphatic carbocycles. The van der Waals surface area contributed by atoms with Crippen LogP contribution in [0.3, 0.4) is 0 Å². The number of ether oxygens (including phenoxy) is 1. The smallest absolute Gasteiger partial charge is 0.338 e. The maximum Gasteiger partial charge on any atom is 0.338 e. The highest BCUT2D eigenvalue weighted by Crippen LogP contribution is 2.36. The predicted octanol–water partition coefficient (Wildman–Crippen LogP) is 3.24. The van der Waals surface area contributed by atoms with Gasteiger partial charge in [0.15, 0.2) is 6.10 Å². The number of carbonyl (C=O) groups excluding carboxylic acids is 2. The average molecular weight is 395 g/mol. The second-order valence-corrected chi connectivity index (χ2v) is 8.00. The minimum absolute atomic E-state index is 0.0275. The number of non-ortho nitro benzene ring substituents is 1. The van der Waals surface area contributed by atoms with E-state index in [0.29, 0.717) is 34.6 Å². The van der Waals surface area contributed by atoms with Crippen molar-refractivity contribution in [1.29, 1.82) is 0 Å². The number of benzene rings is 2. The topological polar surface area (TPSA) is 86.5 Å². The van der Waals surface area contributed by atoms with Crippen molar-refractivity contribution in [2.24, 2.45) is 5.92 Å². The first kappa shape index (κ1) is 19.3. The van der Waals surface area contributed by atoms with Crippen LogP contribution in [-0.4, -0.2) is 53.4 Å². The van der Waals surface area contributed by atoms with E-state index in [1.165, 1.54) is 24.3 Å². The molecule has 3 saturated heterocycles. The van der Waals surface area contributed by atoms with Crippen LogP contribution in [0.4, 0.5) is 5.69 Å². The molecule has 1 atom stereocenters. The van der Waals surface area contributed by atoms with Gasteiger partial charge in [-0.15, -0.1) is 0 Å². The van der Waals surface area contributed by atoms with Gasteiger partial charge < -0.3 is 9.22 Å². The van der Waals surface area contributed by atoms with Crippen molar-refractivity contribution in [3.05, 3.63) is 75.8 Å². The molecule has 3 heterocycles. The minimum Gasteiger partial charge on any atom is -0.452 e. The molecule has 0 amide bonds. The van der Waals surface area contributed by atoms with Crippen molar-refractivity contribution >= 4 is 17.4 Å². The SMILES string of the molecule is O=C(C[N+]12CCC(CC1)[C@@H](OC(=O)c1ccccc1)C2)c1ccc([N+](=O)[O-])cc1. The third kappa shape index (κ3) is 4.05. The molecule has 3 fully saturated rings. The molecule has 0 radical (unpaired) electrons. The lowest BCUT2D eigenvalue weighted by atomic mass is 9.82. The summed E-state index contributed by atoms with van der Waals surface area (Å²) in [7, 11) is 0. The number of nitro benzene ring substituents is 1. The number of rotatable bonds is 6. The van der Waals surface area contributed by atoms with E-state index in [2.05, 4.69) is 0 Å². The quantitative estimate of drug-likeness (QED) is 0.246. The number of esters is 1. The maximum atomic E-state index is 12.8. The van der Waals surface area contributed by atoms with Crippen molar-refractivity contribution in [2.45, 2.75) is 18.9 Å². The number of ketones is 1. The first-order valence-corrected chi connectivity index (χ1v) is 9.85. The minimum atomic E-state index is -0.475. The first-order valence-electron chi connectivity index (χ1n) is 9.85. The van der Waals surface area contributed by atoms with Crippen LogP contribution < -0.4 is 0 Å². The molecule has 2 bridgehead atoms. The Bertz CT molecular complexity index is 918. The molecular weight excluding hydrogens is 372 g/mol. The largest absolute Gasteiger partial charge is 0.452 e. The summed E-state index contributed by atoms with van der Waals surface area (Å²) in [6, 6.07) is 14.7. The highest BCUT2D eigenvalue weighted by atomic mass is 16.6. The van der Waals surface area contributed by atoms with E-state index in [9.17, 15) is 19.7 Å². The number of carbonyl (C=O) groups is 2. The Hall–Kier alpha value is -3.06. The molecule has 0 saturated carbocycles. The van der Waals surface area contributed by atoms with Crippen molar-refractivity contribution in [2.75, 3.05) is 26.2 Å². The number of fused-ring (bicyclic) bond motifs is 3. The molecular formula is C22H23N2O5+. The molecule has 0 spiro atoms. The fourth-order valence-electron chi connectivity index (χ4n) is 4.52. The van der Waals surface area contributed by atoms with Gasteiger partial charge in [-0.1, -0.05) is 18.2 Å². The van der Waals surface area contributed by atoms with Crippen LogP contribution in [0.25, 0.3) is 0 Å². The van der Waals surface area contributed by atoms with E-state index in [-0.39, 0.29) is 23.5 Å². The lowest BCUT2D eigenvalue weighted by Crippen LogP contribution is -2.65. The van der Waals surface area contributed by atoms with Crippen LogP contribution in [-0.2, 0) is 4.74 Å². The number of hydrogen-bond acceptors (Lipinski definition) is 5. The molecule has 7 heteroatoms. The van der Waals surface area contributed by atoms with Gasteiger partial charge in [0, 0.05) is 36.5 Å². The lowest BCUT2D eigenvalue weighted by molar-refractivity contribution is -0.938. The van der Waals surface area contributed by atoms with Gasteiger partial charge in [0.05, 0.1) is 23.6 Å². The molecule has 0 unspecified atom stereocenters. The monoisotopic (exact) mass is 395 g/mol. The van der Waals surface area contributed by atoms with Crippen molar-refractivity contribution in [3.63, 3.8) is 0 Å². The molecule has 7 nitrogen and oxygen atoms in total. The molecule has 2 aromatic carbocycles. The zero-order chi connectivity index (χ0) is 20.4. The summed E-state index contributed by atoms with van der Waals surface area (Å²) in [5.41, 5.74) is 0.992. The van der Waals surface area contributed by atoms with E-state index in [1.54, 1.807) is 12.1 Å². The highest BCUT2D eigenvalue weighted by molar-refractivity contribution is 5.97. The third-order valence-electron chi connectivity index (χ3n) is 6.19. The van der Waals surface area contributed by atoms with Crippen molar-refractivity contribution in [3.8, 4) is 0 Å². The van der Waals surface area contributed by atoms with Gasteiger partial charge in [0.25, 0.3) is 5.69 Å². The zero-order valence-electron chi connectivity index (χ0n) is 16.0. The second kappa shape index (κ2) is 7.75. The Morgan fingerprint density at radius 2 is 1.66 bits per heavy atom. The van der Waals surface area contributed by atoms with Gasteiger partial charge in [-0.2, -0.15) is 0 Å². The first-order chi connectivity index (χ1) is 14.0. The lowest BCUT2D eigenvalue weighted by Gasteiger charge is -2.51. The average Bonchev–Trinajstić information content (AvgIpc) is 2.75. The zero-order valence-corrected chi connectivity index (χ0v) is 16.0. The summed E-state index contributed by atoms with van der Waals surface area (Å²) < 4.78 is 6.44. The summed E-state index contributed by atoms with van der Waals surface area (Å²) >= 11 is 0. The van der Waals surface area contributed by atoms with E-state index < -0.39 is 4.92 Å². The summed E-state index contributed by atoms with van der Waals surface area (Å²) in [6.07, 6.45) is 1.68. The van der Waals surface area contributed by atoms with Crippen molar-refractivity contribution in [1.82, 2.24) is 0 Å². The fourth-order valence-corrected chi connectivity index (χ4v) is 4.52. The number of piperidine rings is 3. The third-order valence-corrected chi connectivity index (χ3v) is 6.19. The summed E-state index contributed by atoms with van der Waals surface area (Å²) in [6.45, 7) is 2.75.